The third-order valence-corrected chi connectivity index (χ3v) is 6.79. The number of halogens is 1. The lowest BCUT2D eigenvalue weighted by Crippen LogP contribution is -2.30. The zero-order valence-electron chi connectivity index (χ0n) is 22.9. The van der Waals surface area contributed by atoms with Crippen molar-refractivity contribution >= 4 is 28.6 Å². The monoisotopic (exact) mass is 515 g/mol. The Morgan fingerprint density at radius 3 is 2.66 bits per heavy atom. The van der Waals surface area contributed by atoms with E-state index in [9.17, 15) is 14.0 Å². The number of hydrogen-bond donors (Lipinski definition) is 0. The van der Waals surface area contributed by atoms with Crippen LogP contribution in [0, 0.1) is 30.5 Å². The molecular formula is C31H34FN3O3. The van der Waals surface area contributed by atoms with Gasteiger partial charge in [-0.25, -0.2) is 9.37 Å². The molecule has 0 bridgehead atoms. The Balaban J connectivity index is 1.74. The smallest absolute Gasteiger partial charge is 0.312 e. The van der Waals surface area contributed by atoms with Crippen LogP contribution in [0.15, 0.2) is 40.7 Å². The summed E-state index contributed by atoms with van der Waals surface area (Å²) in [4.78, 5) is 32.4. The number of benzene rings is 2. The number of carbonyl (C=O) groups is 1. The number of aryl methyl sites for hydroxylation is 2. The summed E-state index contributed by atoms with van der Waals surface area (Å²) in [5.74, 6) is 2.47. The van der Waals surface area contributed by atoms with Crippen LogP contribution in [0.1, 0.15) is 69.6 Å². The van der Waals surface area contributed by atoms with E-state index in [1.807, 2.05) is 36.9 Å². The lowest BCUT2D eigenvalue weighted by atomic mass is 9.98. The molecule has 0 aliphatic heterocycles. The number of nitrogens with zero attached hydrogens (tertiary/aromatic N) is 3. The number of esters is 1. The van der Waals surface area contributed by atoms with Gasteiger partial charge in [0.1, 0.15) is 11.6 Å². The fourth-order valence-electron chi connectivity index (χ4n) is 4.83. The van der Waals surface area contributed by atoms with Crippen molar-refractivity contribution in [1.29, 1.82) is 0 Å². The van der Waals surface area contributed by atoms with Gasteiger partial charge in [-0.3, -0.25) is 14.2 Å². The second-order valence-electron chi connectivity index (χ2n) is 11.1. The standard InChI is InChI=1S/C31H34FN3O3/c1-8-13-34(23-11-9-22(14-19(2)3)26(32)16-23)28-12-10-21-15-27-25(17-24(21)28)29(36)35(20(4)33-27)18-38-30(37)31(5,6)7/h1,9,11,14-17,28H,10,12-13,18H2,2-7H3. The van der Waals surface area contributed by atoms with Crippen molar-refractivity contribution in [2.45, 2.75) is 67.2 Å². The molecule has 1 aliphatic rings. The van der Waals surface area contributed by atoms with Crippen LogP contribution in [0.3, 0.4) is 0 Å². The predicted molar refractivity (Wildman–Crippen MR) is 149 cm³/mol. The molecule has 1 aliphatic carbocycles. The Hall–Kier alpha value is -3.92. The van der Waals surface area contributed by atoms with Crippen LogP contribution in [0.25, 0.3) is 17.0 Å². The molecule has 1 heterocycles. The molecule has 6 nitrogen and oxygen atoms in total. The fraction of sp³-hybridized carbons (Fsp3) is 0.387. The van der Waals surface area contributed by atoms with Gasteiger partial charge in [-0.15, -0.1) is 6.42 Å². The molecule has 0 N–H and O–H groups in total. The highest BCUT2D eigenvalue weighted by Crippen LogP contribution is 2.40. The molecule has 0 fully saturated rings. The van der Waals surface area contributed by atoms with Crippen molar-refractivity contribution in [2.75, 3.05) is 11.4 Å². The molecule has 7 heteroatoms. The molecule has 0 radical (unpaired) electrons. The van der Waals surface area contributed by atoms with Gasteiger partial charge in [0.25, 0.3) is 5.56 Å². The third kappa shape index (κ3) is 5.35. The summed E-state index contributed by atoms with van der Waals surface area (Å²) in [6.45, 7) is 11.0. The maximum absolute atomic E-state index is 14.9. The van der Waals surface area contributed by atoms with Crippen LogP contribution in [0.4, 0.5) is 10.1 Å². The Labute approximate surface area is 223 Å². The number of carbonyl (C=O) groups excluding carboxylic acids is 1. The van der Waals surface area contributed by atoms with E-state index in [2.05, 4.69) is 10.9 Å². The van der Waals surface area contributed by atoms with Gasteiger partial charge < -0.3 is 9.64 Å². The van der Waals surface area contributed by atoms with E-state index >= 15 is 0 Å². The van der Waals surface area contributed by atoms with E-state index in [1.54, 1.807) is 39.8 Å². The molecule has 0 spiro atoms. The van der Waals surface area contributed by atoms with Crippen LogP contribution in [0.2, 0.25) is 0 Å². The minimum atomic E-state index is -0.681. The minimum Gasteiger partial charge on any atom is -0.443 e. The zero-order valence-corrected chi connectivity index (χ0v) is 22.9. The van der Waals surface area contributed by atoms with Crippen LogP contribution in [0.5, 0.6) is 0 Å². The normalized spacial score (nSPS) is 14.6. The van der Waals surface area contributed by atoms with Gasteiger partial charge in [0.05, 0.1) is 28.9 Å². The van der Waals surface area contributed by atoms with Gasteiger partial charge in [-0.1, -0.05) is 17.6 Å². The SMILES string of the molecule is C#CCN(c1ccc(C=C(C)C)c(F)c1)C1CCc2cc3nc(C)n(COC(=O)C(C)(C)C)c(=O)c3cc21. The lowest BCUT2D eigenvalue weighted by molar-refractivity contribution is -0.157. The number of fused-ring (bicyclic) bond motifs is 2. The molecule has 2 aromatic carbocycles. The number of ether oxygens (including phenoxy) is 1. The topological polar surface area (TPSA) is 64.4 Å². The van der Waals surface area contributed by atoms with E-state index in [0.29, 0.717) is 34.5 Å². The maximum atomic E-state index is 14.9. The summed E-state index contributed by atoms with van der Waals surface area (Å²) < 4.78 is 21.7. The van der Waals surface area contributed by atoms with E-state index < -0.39 is 11.4 Å². The Morgan fingerprint density at radius 2 is 2.03 bits per heavy atom. The first-order valence-corrected chi connectivity index (χ1v) is 12.8. The van der Waals surface area contributed by atoms with E-state index in [-0.39, 0.29) is 24.1 Å². The molecule has 198 valence electrons. The molecular weight excluding hydrogens is 481 g/mol. The lowest BCUT2D eigenvalue weighted by Gasteiger charge is -2.30. The van der Waals surface area contributed by atoms with Crippen LogP contribution in [-0.2, 0) is 22.7 Å². The first-order valence-electron chi connectivity index (χ1n) is 12.8. The number of rotatable bonds is 6. The number of terminal acetylenes is 1. The predicted octanol–water partition coefficient (Wildman–Crippen LogP) is 5.94. The van der Waals surface area contributed by atoms with Gasteiger partial charge in [0.2, 0.25) is 0 Å². The second-order valence-corrected chi connectivity index (χ2v) is 11.1. The third-order valence-electron chi connectivity index (χ3n) is 6.79. The fourth-order valence-corrected chi connectivity index (χ4v) is 4.83. The second kappa shape index (κ2) is 10.4. The Bertz CT molecular complexity index is 1540. The van der Waals surface area contributed by atoms with E-state index in [1.165, 1.54) is 10.6 Å². The van der Waals surface area contributed by atoms with E-state index in [4.69, 9.17) is 11.2 Å². The molecule has 0 saturated heterocycles. The van der Waals surface area contributed by atoms with Crippen LogP contribution in [-0.4, -0.2) is 22.1 Å². The van der Waals surface area contributed by atoms with Gasteiger partial charge >= 0.3 is 5.97 Å². The van der Waals surface area contributed by atoms with E-state index in [0.717, 1.165) is 29.5 Å². The summed E-state index contributed by atoms with van der Waals surface area (Å²) in [6, 6.07) is 8.88. The van der Waals surface area contributed by atoms with Crippen molar-refractivity contribution in [3.05, 3.63) is 74.6 Å². The molecule has 0 amide bonds. The summed E-state index contributed by atoms with van der Waals surface area (Å²) in [7, 11) is 0. The summed E-state index contributed by atoms with van der Waals surface area (Å²) in [5.41, 5.74) is 3.95. The Morgan fingerprint density at radius 1 is 1.29 bits per heavy atom. The van der Waals surface area contributed by atoms with Crippen LogP contribution >= 0.6 is 0 Å². The highest BCUT2D eigenvalue weighted by Gasteiger charge is 2.30. The molecule has 1 aromatic heterocycles. The average molecular weight is 516 g/mol. The number of anilines is 1. The van der Waals surface area contributed by atoms with Crippen LogP contribution < -0.4 is 10.5 Å². The number of allylic oxidation sites excluding steroid dienone is 1. The molecule has 1 unspecified atom stereocenters. The summed E-state index contributed by atoms with van der Waals surface area (Å²) in [5, 5.41) is 0.443. The van der Waals surface area contributed by atoms with Crippen molar-refractivity contribution < 1.29 is 13.9 Å². The first kappa shape index (κ1) is 27.1. The van der Waals surface area contributed by atoms with Gasteiger partial charge in [0.15, 0.2) is 6.73 Å². The highest BCUT2D eigenvalue weighted by molar-refractivity contribution is 5.81. The molecule has 0 saturated carbocycles. The summed E-state index contributed by atoms with van der Waals surface area (Å²) >= 11 is 0. The average Bonchev–Trinajstić information content (AvgIpc) is 3.24. The molecule has 3 aromatic rings. The van der Waals surface area contributed by atoms with Crippen molar-refractivity contribution in [3.8, 4) is 12.3 Å². The highest BCUT2D eigenvalue weighted by atomic mass is 19.1. The quantitative estimate of drug-likeness (QED) is 0.300. The summed E-state index contributed by atoms with van der Waals surface area (Å²) in [6.07, 6.45) is 9.11. The van der Waals surface area contributed by atoms with Gasteiger partial charge in [-0.05, 0) is 95.8 Å². The van der Waals surface area contributed by atoms with Crippen molar-refractivity contribution in [1.82, 2.24) is 9.55 Å². The van der Waals surface area contributed by atoms with Crippen molar-refractivity contribution in [2.24, 2.45) is 5.41 Å². The van der Waals surface area contributed by atoms with Crippen molar-refractivity contribution in [3.63, 3.8) is 0 Å². The number of aromatic nitrogens is 2. The molecule has 38 heavy (non-hydrogen) atoms. The maximum Gasteiger partial charge on any atom is 0.312 e. The minimum absolute atomic E-state index is 0.118. The first-order chi connectivity index (χ1) is 17.9. The zero-order chi connectivity index (χ0) is 27.8. The largest absolute Gasteiger partial charge is 0.443 e. The Kier molecular flexibility index (Phi) is 7.46. The van der Waals surface area contributed by atoms with Gasteiger partial charge in [0, 0.05) is 11.3 Å². The molecule has 1 atom stereocenters. The molecule has 4 rings (SSSR count). The number of hydrogen-bond acceptors (Lipinski definition) is 5. The van der Waals surface area contributed by atoms with Gasteiger partial charge in [-0.2, -0.15) is 0 Å².